The standard InChI is InChI=1S/C25H29N7O4/c1-31(2)14-6-11-21(30-25(34)28-18-7-5-8-19(15-18)32(35)36)17-12-13-23(27-16-17)24(33)29-22-10-4-3-9-20(22)26/h3-5,7-10,12-13,15-16,21H,6,11,14,26H2,1-2H3,(H,29,33)(H2,28,30,34). The summed E-state index contributed by atoms with van der Waals surface area (Å²) in [4.78, 5) is 42.1. The molecule has 0 aliphatic carbocycles. The number of pyridine rings is 1. The molecular weight excluding hydrogens is 462 g/mol. The molecule has 0 saturated carbocycles. The summed E-state index contributed by atoms with van der Waals surface area (Å²) in [6.45, 7) is 0.817. The number of aromatic nitrogens is 1. The lowest BCUT2D eigenvalue weighted by Gasteiger charge is -2.20. The maximum Gasteiger partial charge on any atom is 0.319 e. The summed E-state index contributed by atoms with van der Waals surface area (Å²) in [5, 5.41) is 19.3. The Morgan fingerprint density at radius 2 is 1.86 bits per heavy atom. The fourth-order valence-electron chi connectivity index (χ4n) is 3.50. The van der Waals surface area contributed by atoms with Crippen molar-refractivity contribution >= 4 is 34.7 Å². The van der Waals surface area contributed by atoms with Crippen molar-refractivity contribution in [2.24, 2.45) is 0 Å². The third-order valence-corrected chi connectivity index (χ3v) is 5.35. The van der Waals surface area contributed by atoms with Gasteiger partial charge in [-0.1, -0.05) is 24.3 Å². The lowest BCUT2D eigenvalue weighted by Crippen LogP contribution is -2.33. The van der Waals surface area contributed by atoms with Gasteiger partial charge in [-0.25, -0.2) is 4.79 Å². The number of para-hydroxylation sites is 2. The Hall–Kier alpha value is -4.51. The summed E-state index contributed by atoms with van der Waals surface area (Å²) in [5.41, 5.74) is 7.94. The van der Waals surface area contributed by atoms with Gasteiger partial charge in [0, 0.05) is 24.0 Å². The quantitative estimate of drug-likeness (QED) is 0.189. The van der Waals surface area contributed by atoms with Crippen LogP contribution in [0.2, 0.25) is 0 Å². The second kappa shape index (κ2) is 12.3. The Morgan fingerprint density at radius 1 is 1.08 bits per heavy atom. The van der Waals surface area contributed by atoms with Gasteiger partial charge in [0.2, 0.25) is 0 Å². The molecule has 1 aromatic heterocycles. The number of rotatable bonds is 10. The molecule has 3 amide bonds. The highest BCUT2D eigenvalue weighted by Crippen LogP contribution is 2.21. The zero-order valence-electron chi connectivity index (χ0n) is 20.1. The number of nitrogens with zero attached hydrogens (tertiary/aromatic N) is 3. The molecule has 3 aromatic rings. The molecule has 1 unspecified atom stereocenters. The van der Waals surface area contributed by atoms with Gasteiger partial charge in [-0.2, -0.15) is 0 Å². The number of carbonyl (C=O) groups is 2. The van der Waals surface area contributed by atoms with Crippen LogP contribution in [0.5, 0.6) is 0 Å². The molecule has 0 spiro atoms. The largest absolute Gasteiger partial charge is 0.397 e. The summed E-state index contributed by atoms with van der Waals surface area (Å²) < 4.78 is 0. The van der Waals surface area contributed by atoms with Gasteiger partial charge in [-0.3, -0.25) is 19.9 Å². The summed E-state index contributed by atoms with van der Waals surface area (Å²) in [6, 6.07) is 15.1. The molecule has 0 radical (unpaired) electrons. The summed E-state index contributed by atoms with van der Waals surface area (Å²) in [7, 11) is 3.93. The number of non-ortho nitro benzene ring substituents is 1. The number of carbonyl (C=O) groups excluding carboxylic acids is 2. The number of nitro benzene ring substituents is 1. The van der Waals surface area contributed by atoms with Crippen molar-refractivity contribution in [3.8, 4) is 0 Å². The van der Waals surface area contributed by atoms with E-state index < -0.39 is 22.9 Å². The minimum absolute atomic E-state index is 0.120. The van der Waals surface area contributed by atoms with Gasteiger partial charge in [-0.15, -0.1) is 0 Å². The molecule has 1 atom stereocenters. The van der Waals surface area contributed by atoms with Gasteiger partial charge in [0.15, 0.2) is 0 Å². The topological polar surface area (TPSA) is 156 Å². The van der Waals surface area contributed by atoms with E-state index >= 15 is 0 Å². The molecule has 1 heterocycles. The molecule has 2 aromatic carbocycles. The van der Waals surface area contributed by atoms with Crippen molar-refractivity contribution in [3.63, 3.8) is 0 Å². The van der Waals surface area contributed by atoms with E-state index in [1.54, 1.807) is 48.7 Å². The highest BCUT2D eigenvalue weighted by atomic mass is 16.6. The van der Waals surface area contributed by atoms with E-state index in [4.69, 9.17) is 5.73 Å². The van der Waals surface area contributed by atoms with Gasteiger partial charge < -0.3 is 26.6 Å². The molecule has 11 nitrogen and oxygen atoms in total. The lowest BCUT2D eigenvalue weighted by molar-refractivity contribution is -0.384. The number of hydrogen-bond acceptors (Lipinski definition) is 7. The van der Waals surface area contributed by atoms with Gasteiger partial charge in [-0.05, 0) is 63.3 Å². The molecule has 188 valence electrons. The van der Waals surface area contributed by atoms with Crippen LogP contribution in [0.15, 0.2) is 66.9 Å². The van der Waals surface area contributed by atoms with E-state index in [1.165, 1.54) is 18.2 Å². The molecule has 3 rings (SSSR count). The summed E-state index contributed by atoms with van der Waals surface area (Å²) >= 11 is 0. The van der Waals surface area contributed by atoms with Crippen LogP contribution in [0.1, 0.15) is 34.9 Å². The van der Waals surface area contributed by atoms with Crippen molar-refractivity contribution in [3.05, 3.63) is 88.2 Å². The number of urea groups is 1. The number of benzene rings is 2. The fourth-order valence-corrected chi connectivity index (χ4v) is 3.50. The first-order valence-electron chi connectivity index (χ1n) is 11.3. The molecule has 11 heteroatoms. The van der Waals surface area contributed by atoms with Crippen LogP contribution in [0.3, 0.4) is 0 Å². The molecule has 0 fully saturated rings. The van der Waals surface area contributed by atoms with E-state index in [2.05, 4.69) is 20.9 Å². The maximum atomic E-state index is 12.7. The van der Waals surface area contributed by atoms with E-state index in [1.807, 2.05) is 19.0 Å². The Labute approximate surface area is 208 Å². The van der Waals surface area contributed by atoms with E-state index in [0.29, 0.717) is 23.5 Å². The first-order valence-corrected chi connectivity index (χ1v) is 11.3. The molecule has 0 aliphatic heterocycles. The van der Waals surface area contributed by atoms with Gasteiger partial charge >= 0.3 is 6.03 Å². The zero-order chi connectivity index (χ0) is 26.1. The maximum absolute atomic E-state index is 12.7. The zero-order valence-corrected chi connectivity index (χ0v) is 20.1. The second-order valence-corrected chi connectivity index (χ2v) is 8.42. The van der Waals surface area contributed by atoms with Crippen LogP contribution in [0.25, 0.3) is 0 Å². The van der Waals surface area contributed by atoms with Gasteiger partial charge in [0.25, 0.3) is 11.6 Å². The monoisotopic (exact) mass is 491 g/mol. The first kappa shape index (κ1) is 26.1. The minimum Gasteiger partial charge on any atom is -0.397 e. The number of amides is 3. The van der Waals surface area contributed by atoms with Crippen LogP contribution < -0.4 is 21.7 Å². The molecule has 36 heavy (non-hydrogen) atoms. The predicted octanol–water partition coefficient (Wildman–Crippen LogP) is 4.03. The van der Waals surface area contributed by atoms with Gasteiger partial charge in [0.05, 0.1) is 22.3 Å². The highest BCUT2D eigenvalue weighted by Gasteiger charge is 2.18. The van der Waals surface area contributed by atoms with E-state index in [-0.39, 0.29) is 11.4 Å². The second-order valence-electron chi connectivity index (χ2n) is 8.42. The summed E-state index contributed by atoms with van der Waals surface area (Å²) in [5.74, 6) is -0.403. The number of nitro groups is 1. The predicted molar refractivity (Wildman–Crippen MR) is 139 cm³/mol. The van der Waals surface area contributed by atoms with Crippen LogP contribution in [-0.2, 0) is 0 Å². The van der Waals surface area contributed by atoms with E-state index in [9.17, 15) is 19.7 Å². The Bertz CT molecular complexity index is 1220. The van der Waals surface area contributed by atoms with Crippen LogP contribution in [0.4, 0.5) is 27.5 Å². The average molecular weight is 492 g/mol. The SMILES string of the molecule is CN(C)CCCC(NC(=O)Nc1cccc([N+](=O)[O-])c1)c1ccc(C(=O)Nc2ccccc2N)nc1. The number of nitrogens with two attached hydrogens (primary N) is 1. The Kier molecular flexibility index (Phi) is 8.89. The fraction of sp³-hybridized carbons (Fsp3) is 0.240. The number of nitrogens with one attached hydrogen (secondary N) is 3. The van der Waals surface area contributed by atoms with Crippen molar-refractivity contribution in [2.75, 3.05) is 37.0 Å². The smallest absolute Gasteiger partial charge is 0.319 e. The molecular formula is C25H29N7O4. The number of hydrogen-bond donors (Lipinski definition) is 4. The first-order chi connectivity index (χ1) is 17.2. The normalized spacial score (nSPS) is 11.5. The van der Waals surface area contributed by atoms with Crippen molar-refractivity contribution in [1.82, 2.24) is 15.2 Å². The van der Waals surface area contributed by atoms with Crippen molar-refractivity contribution < 1.29 is 14.5 Å². The lowest BCUT2D eigenvalue weighted by atomic mass is 10.0. The average Bonchev–Trinajstić information content (AvgIpc) is 2.85. The van der Waals surface area contributed by atoms with Crippen LogP contribution >= 0.6 is 0 Å². The van der Waals surface area contributed by atoms with Gasteiger partial charge in [0.1, 0.15) is 5.69 Å². The van der Waals surface area contributed by atoms with Crippen LogP contribution in [0, 0.1) is 10.1 Å². The molecule has 0 bridgehead atoms. The molecule has 0 saturated heterocycles. The molecule has 5 N–H and O–H groups in total. The summed E-state index contributed by atoms with van der Waals surface area (Å²) in [6.07, 6.45) is 2.97. The highest BCUT2D eigenvalue weighted by molar-refractivity contribution is 6.04. The number of anilines is 3. The molecule has 0 aliphatic rings. The number of nitrogen functional groups attached to an aromatic ring is 1. The van der Waals surface area contributed by atoms with Crippen LogP contribution in [-0.4, -0.2) is 47.4 Å². The Morgan fingerprint density at radius 3 is 2.53 bits per heavy atom. The van der Waals surface area contributed by atoms with Crippen molar-refractivity contribution in [2.45, 2.75) is 18.9 Å². The third-order valence-electron chi connectivity index (χ3n) is 5.35. The minimum atomic E-state index is -0.525. The Balaban J connectivity index is 1.71. The van der Waals surface area contributed by atoms with E-state index in [0.717, 1.165) is 18.5 Å². The van der Waals surface area contributed by atoms with Crippen molar-refractivity contribution in [1.29, 1.82) is 0 Å². The third kappa shape index (κ3) is 7.50.